The van der Waals surface area contributed by atoms with E-state index in [-0.39, 0.29) is 5.91 Å². The highest BCUT2D eigenvalue weighted by Gasteiger charge is 2.13. The van der Waals surface area contributed by atoms with E-state index in [2.05, 4.69) is 21.2 Å². The molecule has 1 N–H and O–H groups in total. The zero-order valence-corrected chi connectivity index (χ0v) is 16.5. The standard InChI is InChI=1S/C22H20BrNO3/c1-2-26-21-14-17(22(25)24-19-11-7-6-10-18(19)23)12-13-20(21)27-15-16-8-4-3-5-9-16/h3-14H,2,15H2,1H3,(H,24,25). The zero-order valence-electron chi connectivity index (χ0n) is 14.9. The van der Waals surface area contributed by atoms with E-state index in [4.69, 9.17) is 9.47 Å². The van der Waals surface area contributed by atoms with Gasteiger partial charge in [-0.15, -0.1) is 0 Å². The number of anilines is 1. The Kier molecular flexibility index (Phi) is 6.49. The minimum atomic E-state index is -0.211. The van der Waals surface area contributed by atoms with Crippen molar-refractivity contribution < 1.29 is 14.3 Å². The van der Waals surface area contributed by atoms with Crippen LogP contribution in [-0.4, -0.2) is 12.5 Å². The number of para-hydroxylation sites is 1. The summed E-state index contributed by atoms with van der Waals surface area (Å²) in [6.07, 6.45) is 0. The van der Waals surface area contributed by atoms with E-state index in [1.807, 2.05) is 61.5 Å². The van der Waals surface area contributed by atoms with Crippen LogP contribution in [0.5, 0.6) is 11.5 Å². The summed E-state index contributed by atoms with van der Waals surface area (Å²) in [6, 6.07) is 22.6. The fourth-order valence-electron chi connectivity index (χ4n) is 2.53. The Hall–Kier alpha value is -2.79. The number of amides is 1. The summed E-state index contributed by atoms with van der Waals surface area (Å²) in [6.45, 7) is 2.81. The molecule has 3 rings (SSSR count). The monoisotopic (exact) mass is 425 g/mol. The van der Waals surface area contributed by atoms with Gasteiger partial charge < -0.3 is 14.8 Å². The quantitative estimate of drug-likeness (QED) is 0.529. The van der Waals surface area contributed by atoms with Crippen LogP contribution in [0.25, 0.3) is 0 Å². The van der Waals surface area contributed by atoms with Gasteiger partial charge in [0, 0.05) is 10.0 Å². The number of benzene rings is 3. The molecule has 0 fully saturated rings. The van der Waals surface area contributed by atoms with E-state index in [9.17, 15) is 4.79 Å². The largest absolute Gasteiger partial charge is 0.490 e. The van der Waals surface area contributed by atoms with Crippen molar-refractivity contribution >= 4 is 27.5 Å². The molecule has 0 aliphatic heterocycles. The average molecular weight is 426 g/mol. The van der Waals surface area contributed by atoms with Crippen molar-refractivity contribution in [1.82, 2.24) is 0 Å². The topological polar surface area (TPSA) is 47.6 Å². The molecule has 0 radical (unpaired) electrons. The maximum atomic E-state index is 12.6. The highest BCUT2D eigenvalue weighted by atomic mass is 79.9. The van der Waals surface area contributed by atoms with Gasteiger partial charge in [0.1, 0.15) is 6.61 Å². The third-order valence-electron chi connectivity index (χ3n) is 3.86. The van der Waals surface area contributed by atoms with Gasteiger partial charge in [0.25, 0.3) is 5.91 Å². The van der Waals surface area contributed by atoms with Crippen molar-refractivity contribution in [1.29, 1.82) is 0 Å². The second-order valence-electron chi connectivity index (χ2n) is 5.80. The minimum Gasteiger partial charge on any atom is -0.490 e. The van der Waals surface area contributed by atoms with E-state index in [0.717, 1.165) is 10.0 Å². The zero-order chi connectivity index (χ0) is 19.1. The first-order chi connectivity index (χ1) is 13.2. The van der Waals surface area contributed by atoms with Crippen LogP contribution in [0.3, 0.4) is 0 Å². The Morgan fingerprint density at radius 2 is 1.67 bits per heavy atom. The number of hydrogen-bond donors (Lipinski definition) is 1. The number of ether oxygens (including phenoxy) is 2. The normalized spacial score (nSPS) is 10.3. The average Bonchev–Trinajstić information content (AvgIpc) is 2.69. The van der Waals surface area contributed by atoms with Crippen LogP contribution in [0, 0.1) is 0 Å². The lowest BCUT2D eigenvalue weighted by Gasteiger charge is -2.14. The fraction of sp³-hybridized carbons (Fsp3) is 0.136. The van der Waals surface area contributed by atoms with Crippen LogP contribution < -0.4 is 14.8 Å². The van der Waals surface area contributed by atoms with Crippen molar-refractivity contribution in [2.24, 2.45) is 0 Å². The highest BCUT2D eigenvalue weighted by Crippen LogP contribution is 2.30. The summed E-state index contributed by atoms with van der Waals surface area (Å²) in [4.78, 5) is 12.6. The van der Waals surface area contributed by atoms with Crippen LogP contribution in [0.2, 0.25) is 0 Å². The summed E-state index contributed by atoms with van der Waals surface area (Å²) < 4.78 is 12.4. The van der Waals surface area contributed by atoms with Gasteiger partial charge in [0.15, 0.2) is 11.5 Å². The number of carbonyl (C=O) groups is 1. The molecule has 0 aliphatic rings. The summed E-state index contributed by atoms with van der Waals surface area (Å²) in [7, 11) is 0. The Morgan fingerprint density at radius 1 is 0.926 bits per heavy atom. The van der Waals surface area contributed by atoms with Gasteiger partial charge in [-0.05, 0) is 58.7 Å². The molecule has 5 heteroatoms. The first kappa shape index (κ1) is 19.0. The number of rotatable bonds is 7. The maximum Gasteiger partial charge on any atom is 0.255 e. The predicted molar refractivity (Wildman–Crippen MR) is 110 cm³/mol. The number of nitrogens with one attached hydrogen (secondary N) is 1. The lowest BCUT2D eigenvalue weighted by Crippen LogP contribution is -2.12. The van der Waals surface area contributed by atoms with Crippen molar-refractivity contribution in [3.63, 3.8) is 0 Å². The molecule has 0 aliphatic carbocycles. The number of halogens is 1. The summed E-state index contributed by atoms with van der Waals surface area (Å²) in [5.74, 6) is 0.948. The summed E-state index contributed by atoms with van der Waals surface area (Å²) >= 11 is 3.43. The second kappa shape index (κ2) is 9.24. The van der Waals surface area contributed by atoms with Crippen LogP contribution >= 0.6 is 15.9 Å². The molecule has 0 aromatic heterocycles. The van der Waals surface area contributed by atoms with E-state index in [0.29, 0.717) is 36.0 Å². The Morgan fingerprint density at radius 3 is 2.41 bits per heavy atom. The molecule has 0 spiro atoms. The minimum absolute atomic E-state index is 0.211. The maximum absolute atomic E-state index is 12.6. The van der Waals surface area contributed by atoms with E-state index < -0.39 is 0 Å². The molecular formula is C22H20BrNO3. The van der Waals surface area contributed by atoms with Crippen LogP contribution in [0.4, 0.5) is 5.69 Å². The van der Waals surface area contributed by atoms with Crippen LogP contribution in [0.1, 0.15) is 22.8 Å². The lowest BCUT2D eigenvalue weighted by atomic mass is 10.1. The van der Waals surface area contributed by atoms with Crippen molar-refractivity contribution in [3.8, 4) is 11.5 Å². The van der Waals surface area contributed by atoms with E-state index >= 15 is 0 Å². The van der Waals surface area contributed by atoms with Gasteiger partial charge in [-0.2, -0.15) is 0 Å². The van der Waals surface area contributed by atoms with E-state index in [1.54, 1.807) is 18.2 Å². The van der Waals surface area contributed by atoms with Gasteiger partial charge in [-0.25, -0.2) is 0 Å². The molecule has 138 valence electrons. The first-order valence-electron chi connectivity index (χ1n) is 8.67. The second-order valence-corrected chi connectivity index (χ2v) is 6.66. The fourth-order valence-corrected chi connectivity index (χ4v) is 2.91. The Labute approximate surface area is 167 Å². The van der Waals surface area contributed by atoms with Crippen molar-refractivity contribution in [2.45, 2.75) is 13.5 Å². The molecule has 1 amide bonds. The van der Waals surface area contributed by atoms with Gasteiger partial charge in [-0.1, -0.05) is 42.5 Å². The van der Waals surface area contributed by atoms with Gasteiger partial charge in [0.2, 0.25) is 0 Å². The molecule has 3 aromatic rings. The summed E-state index contributed by atoms with van der Waals surface area (Å²) in [5.41, 5.74) is 2.28. The predicted octanol–water partition coefficient (Wildman–Crippen LogP) is 5.68. The number of hydrogen-bond acceptors (Lipinski definition) is 3. The van der Waals surface area contributed by atoms with Gasteiger partial charge >= 0.3 is 0 Å². The van der Waals surface area contributed by atoms with E-state index in [1.165, 1.54) is 0 Å². The highest BCUT2D eigenvalue weighted by molar-refractivity contribution is 9.10. The SMILES string of the molecule is CCOc1cc(C(=O)Nc2ccccc2Br)ccc1OCc1ccccc1. The molecule has 0 bridgehead atoms. The molecule has 3 aromatic carbocycles. The third-order valence-corrected chi connectivity index (χ3v) is 4.56. The number of carbonyl (C=O) groups excluding carboxylic acids is 1. The third kappa shape index (κ3) is 5.11. The Bertz CT molecular complexity index is 912. The smallest absolute Gasteiger partial charge is 0.255 e. The van der Waals surface area contributed by atoms with Crippen molar-refractivity contribution in [2.75, 3.05) is 11.9 Å². The Balaban J connectivity index is 1.76. The molecular weight excluding hydrogens is 406 g/mol. The van der Waals surface area contributed by atoms with Crippen LogP contribution in [0.15, 0.2) is 77.3 Å². The molecule has 4 nitrogen and oxygen atoms in total. The molecule has 0 heterocycles. The first-order valence-corrected chi connectivity index (χ1v) is 9.46. The van der Waals surface area contributed by atoms with Gasteiger partial charge in [-0.3, -0.25) is 4.79 Å². The summed E-state index contributed by atoms with van der Waals surface area (Å²) in [5, 5.41) is 2.89. The van der Waals surface area contributed by atoms with Crippen LogP contribution in [-0.2, 0) is 6.61 Å². The molecule has 27 heavy (non-hydrogen) atoms. The molecule has 0 saturated heterocycles. The molecule has 0 unspecified atom stereocenters. The molecule has 0 saturated carbocycles. The lowest BCUT2D eigenvalue weighted by molar-refractivity contribution is 0.102. The van der Waals surface area contributed by atoms with Gasteiger partial charge in [0.05, 0.1) is 12.3 Å². The van der Waals surface area contributed by atoms with Crippen molar-refractivity contribution in [3.05, 3.63) is 88.4 Å². The molecule has 0 atom stereocenters.